The lowest BCUT2D eigenvalue weighted by Crippen LogP contribution is -2.43. The number of esters is 1. The fraction of sp³-hybridized carbons (Fsp3) is 0.286. The van der Waals surface area contributed by atoms with E-state index in [1.807, 2.05) is 56.3 Å². The molecule has 3 atom stereocenters. The Kier molecular flexibility index (Phi) is 8.35. The molecular formula is C35H34O7S2. The number of carbonyl (C=O) groups is 1. The van der Waals surface area contributed by atoms with E-state index in [9.17, 15) is 15.0 Å². The highest BCUT2D eigenvalue weighted by Gasteiger charge is 2.60. The summed E-state index contributed by atoms with van der Waals surface area (Å²) in [6.45, 7) is 4.00. The van der Waals surface area contributed by atoms with Crippen molar-refractivity contribution in [3.8, 4) is 28.7 Å². The highest BCUT2D eigenvalue weighted by atomic mass is 32.2. The van der Waals surface area contributed by atoms with Crippen LogP contribution < -0.4 is 14.2 Å². The fourth-order valence-corrected chi connectivity index (χ4v) is 9.56. The summed E-state index contributed by atoms with van der Waals surface area (Å²) in [5, 5.41) is 22.2. The lowest BCUT2D eigenvalue weighted by atomic mass is 9.67. The second-order valence-electron chi connectivity index (χ2n) is 11.1. The zero-order valence-corrected chi connectivity index (χ0v) is 26.5. The third-order valence-corrected chi connectivity index (χ3v) is 11.2. The number of carbonyl (C=O) groups excluding carboxylic acids is 1. The molecule has 0 bridgehead atoms. The number of cyclic esters (lactones) is 1. The lowest BCUT2D eigenvalue weighted by Gasteiger charge is -2.47. The van der Waals surface area contributed by atoms with Gasteiger partial charge in [0, 0.05) is 21.6 Å². The van der Waals surface area contributed by atoms with Gasteiger partial charge >= 0.3 is 5.97 Å². The third-order valence-electron chi connectivity index (χ3n) is 8.05. The van der Waals surface area contributed by atoms with Gasteiger partial charge in [0.2, 0.25) is 5.75 Å². The maximum atomic E-state index is 13.9. The molecule has 44 heavy (non-hydrogen) atoms. The summed E-state index contributed by atoms with van der Waals surface area (Å²) in [7, 11) is 2.95. The molecule has 2 aliphatic rings. The normalized spacial score (nSPS) is 20.0. The van der Waals surface area contributed by atoms with Crippen LogP contribution in [0.15, 0.2) is 94.7 Å². The van der Waals surface area contributed by atoms with Gasteiger partial charge in [-0.2, -0.15) is 0 Å². The minimum atomic E-state index is -0.774. The molecule has 228 valence electrons. The predicted molar refractivity (Wildman–Crippen MR) is 171 cm³/mol. The summed E-state index contributed by atoms with van der Waals surface area (Å²) in [4.78, 5) is 15.9. The molecule has 0 aromatic heterocycles. The minimum absolute atomic E-state index is 0.0208. The molecule has 4 aromatic carbocycles. The van der Waals surface area contributed by atoms with Crippen LogP contribution >= 0.6 is 23.5 Å². The van der Waals surface area contributed by atoms with Gasteiger partial charge in [-0.05, 0) is 79.1 Å². The fourth-order valence-electron chi connectivity index (χ4n) is 6.22. The maximum Gasteiger partial charge on any atom is 0.310 e. The van der Waals surface area contributed by atoms with Crippen LogP contribution in [0.25, 0.3) is 0 Å². The number of phenolic OH excluding ortho intramolecular Hbond substituents is 2. The lowest BCUT2D eigenvalue weighted by molar-refractivity contribution is -0.141. The van der Waals surface area contributed by atoms with Crippen LogP contribution in [0.1, 0.15) is 36.5 Å². The van der Waals surface area contributed by atoms with Gasteiger partial charge in [0.25, 0.3) is 0 Å². The molecule has 1 aliphatic heterocycles. The molecule has 0 unspecified atom stereocenters. The van der Waals surface area contributed by atoms with Crippen LogP contribution in [-0.4, -0.2) is 43.1 Å². The highest BCUT2D eigenvalue weighted by molar-refractivity contribution is 8.17. The summed E-state index contributed by atoms with van der Waals surface area (Å²) >= 11 is 3.32. The van der Waals surface area contributed by atoms with Crippen molar-refractivity contribution in [3.63, 3.8) is 0 Å². The molecule has 9 heteroatoms. The van der Waals surface area contributed by atoms with Gasteiger partial charge < -0.3 is 29.2 Å². The molecule has 0 spiro atoms. The molecule has 1 heterocycles. The number of aromatic hydroxyl groups is 2. The van der Waals surface area contributed by atoms with Gasteiger partial charge in [0.15, 0.2) is 23.0 Å². The first-order chi connectivity index (χ1) is 21.3. The molecule has 0 amide bonds. The number of methoxy groups -OCH3 is 2. The number of hydrogen-bond donors (Lipinski definition) is 2. The Bertz CT molecular complexity index is 1590. The predicted octanol–water partition coefficient (Wildman–Crippen LogP) is 7.57. The molecule has 1 fully saturated rings. The van der Waals surface area contributed by atoms with Crippen molar-refractivity contribution in [1.82, 2.24) is 0 Å². The first kappa shape index (κ1) is 30.1. The van der Waals surface area contributed by atoms with Crippen LogP contribution in [0.2, 0.25) is 0 Å². The van der Waals surface area contributed by atoms with E-state index in [0.29, 0.717) is 5.75 Å². The Hall–Kier alpha value is -3.95. The van der Waals surface area contributed by atoms with E-state index in [-0.39, 0.29) is 47.6 Å². The van der Waals surface area contributed by atoms with E-state index in [1.54, 1.807) is 41.7 Å². The molecule has 2 N–H and O–H groups in total. The van der Waals surface area contributed by atoms with Crippen LogP contribution in [0.4, 0.5) is 0 Å². The molecule has 7 nitrogen and oxygen atoms in total. The zero-order chi connectivity index (χ0) is 31.0. The van der Waals surface area contributed by atoms with Gasteiger partial charge in [-0.3, -0.25) is 4.79 Å². The third kappa shape index (κ3) is 5.32. The Labute approximate surface area is 265 Å². The van der Waals surface area contributed by atoms with E-state index in [1.165, 1.54) is 14.2 Å². The number of hydrogen-bond acceptors (Lipinski definition) is 9. The SMILES string of the molecule is COc1cc([C@@H]2c3cc(OC(C)C)c(O)cc3C(Sc3ccccc3)(Sc3ccccc3)[C@@H]3COC(=O)[C@@H]23)cc(OC)c1O. The topological polar surface area (TPSA) is 94.5 Å². The molecule has 4 aromatic rings. The quantitative estimate of drug-likeness (QED) is 0.143. The van der Waals surface area contributed by atoms with Crippen LogP contribution in [0.3, 0.4) is 0 Å². The van der Waals surface area contributed by atoms with Crippen molar-refractivity contribution < 1.29 is 34.0 Å². The van der Waals surface area contributed by atoms with Crippen LogP contribution in [-0.2, 0) is 13.6 Å². The van der Waals surface area contributed by atoms with Gasteiger partial charge in [-0.25, -0.2) is 0 Å². The standard InChI is InChI=1S/C35H34O7S2/c1-20(2)42-28-17-24-25(18-27(28)36)35(43-22-11-7-5-8-12-22,44-23-13-9-6-10-14-23)26-19-41-34(38)32(26)31(24)21-15-29(39-3)33(37)30(16-21)40-4/h5-18,20,26,31-32,36-37H,19H2,1-4H3/t26-,31-,32-/m1/s1. The van der Waals surface area contributed by atoms with Crippen LogP contribution in [0, 0.1) is 11.8 Å². The number of ether oxygens (including phenoxy) is 4. The number of thioether (sulfide) groups is 2. The van der Waals surface area contributed by atoms with Crippen molar-refractivity contribution in [3.05, 3.63) is 102 Å². The second kappa shape index (κ2) is 12.2. The summed E-state index contributed by atoms with van der Waals surface area (Å²) in [6.07, 6.45) is -0.193. The van der Waals surface area contributed by atoms with E-state index in [0.717, 1.165) is 26.5 Å². The summed E-state index contributed by atoms with van der Waals surface area (Å²) in [6, 6.07) is 27.3. The average molecular weight is 631 g/mol. The molecule has 0 saturated carbocycles. The van der Waals surface area contributed by atoms with Crippen molar-refractivity contribution in [2.45, 2.75) is 39.7 Å². The summed E-state index contributed by atoms with van der Waals surface area (Å²) in [5.41, 5.74) is 2.40. The molecule has 6 rings (SSSR count). The van der Waals surface area contributed by atoms with Gasteiger partial charge in [0.1, 0.15) is 4.08 Å². The Morgan fingerprint density at radius 3 is 1.93 bits per heavy atom. The minimum Gasteiger partial charge on any atom is -0.504 e. The average Bonchev–Trinajstić information content (AvgIpc) is 3.41. The van der Waals surface area contributed by atoms with Gasteiger partial charge in [0.05, 0.1) is 32.8 Å². The molecular weight excluding hydrogens is 597 g/mol. The second-order valence-corrected chi connectivity index (χ2v) is 14.0. The van der Waals surface area contributed by atoms with E-state index >= 15 is 0 Å². The Morgan fingerprint density at radius 1 is 0.841 bits per heavy atom. The molecule has 1 saturated heterocycles. The largest absolute Gasteiger partial charge is 0.504 e. The number of phenols is 2. The van der Waals surface area contributed by atoms with Crippen molar-refractivity contribution in [2.75, 3.05) is 20.8 Å². The Balaban J connectivity index is 1.67. The van der Waals surface area contributed by atoms with E-state index in [2.05, 4.69) is 24.3 Å². The number of fused-ring (bicyclic) bond motifs is 2. The molecule has 0 radical (unpaired) electrons. The summed E-state index contributed by atoms with van der Waals surface area (Å²) in [5.74, 6) is -1.02. The number of rotatable bonds is 9. The van der Waals surface area contributed by atoms with Crippen LogP contribution in [0.5, 0.6) is 28.7 Å². The van der Waals surface area contributed by atoms with Gasteiger partial charge in [-0.15, -0.1) is 23.5 Å². The van der Waals surface area contributed by atoms with Crippen molar-refractivity contribution in [2.24, 2.45) is 11.8 Å². The van der Waals surface area contributed by atoms with Crippen molar-refractivity contribution in [1.29, 1.82) is 0 Å². The number of benzene rings is 4. The molecule has 1 aliphatic carbocycles. The first-order valence-corrected chi connectivity index (χ1v) is 16.0. The highest BCUT2D eigenvalue weighted by Crippen LogP contribution is 2.68. The summed E-state index contributed by atoms with van der Waals surface area (Å²) < 4.78 is 22.2. The zero-order valence-electron chi connectivity index (χ0n) is 24.9. The Morgan fingerprint density at radius 2 is 1.41 bits per heavy atom. The first-order valence-electron chi connectivity index (χ1n) is 14.4. The van der Waals surface area contributed by atoms with Crippen molar-refractivity contribution >= 4 is 29.5 Å². The van der Waals surface area contributed by atoms with Gasteiger partial charge in [-0.1, -0.05) is 36.4 Å². The van der Waals surface area contributed by atoms with E-state index < -0.39 is 15.9 Å². The smallest absolute Gasteiger partial charge is 0.310 e. The monoisotopic (exact) mass is 630 g/mol. The maximum absolute atomic E-state index is 13.9. The van der Waals surface area contributed by atoms with E-state index in [4.69, 9.17) is 18.9 Å².